The molecule has 1 N–H and O–H groups in total. The van der Waals surface area contributed by atoms with Gasteiger partial charge in [0.2, 0.25) is 0 Å². The molecule has 2 aromatic rings. The number of carbonyl (C=O) groups is 1. The van der Waals surface area contributed by atoms with Gasteiger partial charge in [0.05, 0.1) is 5.60 Å². The van der Waals surface area contributed by atoms with Crippen LogP contribution in [0.2, 0.25) is 0 Å². The molecule has 2 fully saturated rings. The first-order valence-corrected chi connectivity index (χ1v) is 13.5. The van der Waals surface area contributed by atoms with Crippen molar-refractivity contribution in [3.05, 3.63) is 59.7 Å². The van der Waals surface area contributed by atoms with Gasteiger partial charge in [-0.2, -0.15) is 0 Å². The number of amides is 1. The highest BCUT2D eigenvalue weighted by atomic mass is 16.6. The SMILES string of the molecule is CCCCCCCCC1(O)CC2CCC(C1)N2C(=O)OCC1c2ccccc2-c2ccccc21. The molecule has 5 rings (SSSR count). The van der Waals surface area contributed by atoms with Gasteiger partial charge in [-0.1, -0.05) is 94.0 Å². The van der Waals surface area contributed by atoms with Crippen LogP contribution >= 0.6 is 0 Å². The molecule has 1 aliphatic carbocycles. The van der Waals surface area contributed by atoms with Crippen LogP contribution in [0, 0.1) is 0 Å². The van der Waals surface area contributed by atoms with Crippen LogP contribution in [0.1, 0.15) is 94.6 Å². The van der Waals surface area contributed by atoms with Crippen molar-refractivity contribution in [2.75, 3.05) is 6.61 Å². The Morgan fingerprint density at radius 1 is 0.912 bits per heavy atom. The fourth-order valence-corrected chi connectivity index (χ4v) is 6.73. The summed E-state index contributed by atoms with van der Waals surface area (Å²) >= 11 is 0. The minimum atomic E-state index is -0.614. The molecule has 4 nitrogen and oxygen atoms in total. The number of rotatable bonds is 9. The van der Waals surface area contributed by atoms with Crippen molar-refractivity contribution in [1.29, 1.82) is 0 Å². The molecule has 34 heavy (non-hydrogen) atoms. The number of unbranched alkanes of at least 4 members (excludes halogenated alkanes) is 5. The minimum absolute atomic E-state index is 0.0865. The van der Waals surface area contributed by atoms with Crippen LogP contribution in [0.3, 0.4) is 0 Å². The van der Waals surface area contributed by atoms with E-state index >= 15 is 0 Å². The summed E-state index contributed by atoms with van der Waals surface area (Å²) in [6.45, 7) is 2.60. The van der Waals surface area contributed by atoms with E-state index in [-0.39, 0.29) is 24.1 Å². The molecule has 4 heteroatoms. The van der Waals surface area contributed by atoms with Gasteiger partial charge in [-0.3, -0.25) is 0 Å². The molecule has 2 atom stereocenters. The highest BCUT2D eigenvalue weighted by Gasteiger charge is 2.49. The summed E-state index contributed by atoms with van der Waals surface area (Å²) in [5.41, 5.74) is 4.36. The molecular weight excluding hydrogens is 422 g/mol. The third-order valence-electron chi connectivity index (χ3n) is 8.39. The van der Waals surface area contributed by atoms with Gasteiger partial charge in [0.15, 0.2) is 0 Å². The molecule has 2 heterocycles. The van der Waals surface area contributed by atoms with Gasteiger partial charge in [-0.15, -0.1) is 0 Å². The maximum absolute atomic E-state index is 13.2. The van der Waals surface area contributed by atoms with E-state index in [1.54, 1.807) is 0 Å². The summed E-state index contributed by atoms with van der Waals surface area (Å²) < 4.78 is 5.97. The van der Waals surface area contributed by atoms with E-state index in [9.17, 15) is 9.90 Å². The van der Waals surface area contributed by atoms with Crippen molar-refractivity contribution in [1.82, 2.24) is 4.90 Å². The second-order valence-corrected chi connectivity index (χ2v) is 10.7. The lowest BCUT2D eigenvalue weighted by molar-refractivity contribution is -0.0548. The monoisotopic (exact) mass is 461 g/mol. The van der Waals surface area contributed by atoms with Gasteiger partial charge in [-0.05, 0) is 54.4 Å². The Morgan fingerprint density at radius 3 is 2.09 bits per heavy atom. The van der Waals surface area contributed by atoms with Crippen LogP contribution in [0.15, 0.2) is 48.5 Å². The van der Waals surface area contributed by atoms with Crippen LogP contribution in [0.5, 0.6) is 0 Å². The van der Waals surface area contributed by atoms with E-state index in [1.807, 2.05) is 4.90 Å². The van der Waals surface area contributed by atoms with Gasteiger partial charge in [0.25, 0.3) is 0 Å². The number of piperidine rings is 1. The summed E-state index contributed by atoms with van der Waals surface area (Å²) in [5, 5.41) is 11.3. The van der Waals surface area contributed by atoms with Crippen molar-refractivity contribution in [2.45, 2.75) is 101 Å². The Bertz CT molecular complexity index is 943. The zero-order chi connectivity index (χ0) is 23.5. The molecule has 2 aliphatic heterocycles. The van der Waals surface area contributed by atoms with Gasteiger partial charge < -0.3 is 14.7 Å². The number of fused-ring (bicyclic) bond motifs is 5. The van der Waals surface area contributed by atoms with E-state index in [2.05, 4.69) is 55.5 Å². The number of hydrogen-bond acceptors (Lipinski definition) is 3. The lowest BCUT2D eigenvalue weighted by Gasteiger charge is -2.43. The van der Waals surface area contributed by atoms with E-state index in [1.165, 1.54) is 54.4 Å². The fraction of sp³-hybridized carbons (Fsp3) is 0.567. The molecule has 1 amide bonds. The Labute approximate surface area is 204 Å². The molecule has 3 aliphatic rings. The number of benzene rings is 2. The Kier molecular flexibility index (Phi) is 6.96. The van der Waals surface area contributed by atoms with E-state index < -0.39 is 5.60 Å². The zero-order valence-corrected chi connectivity index (χ0v) is 20.5. The normalized spacial score (nSPS) is 25.3. The first-order chi connectivity index (χ1) is 16.6. The van der Waals surface area contributed by atoms with E-state index in [0.717, 1.165) is 25.7 Å². The Morgan fingerprint density at radius 2 is 1.47 bits per heavy atom. The minimum Gasteiger partial charge on any atom is -0.448 e. The Hall–Kier alpha value is -2.33. The van der Waals surface area contributed by atoms with Crippen molar-refractivity contribution in [3.63, 3.8) is 0 Å². The molecule has 2 unspecified atom stereocenters. The quantitative estimate of drug-likeness (QED) is 0.407. The first-order valence-electron chi connectivity index (χ1n) is 13.5. The summed E-state index contributed by atoms with van der Waals surface area (Å²) in [7, 11) is 0. The van der Waals surface area contributed by atoms with E-state index in [4.69, 9.17) is 4.74 Å². The maximum Gasteiger partial charge on any atom is 0.410 e. The highest BCUT2D eigenvalue weighted by molar-refractivity contribution is 5.79. The van der Waals surface area contributed by atoms with Crippen LogP contribution in [-0.2, 0) is 4.74 Å². The Balaban J connectivity index is 1.18. The van der Waals surface area contributed by atoms with Gasteiger partial charge in [0.1, 0.15) is 6.61 Å². The predicted octanol–water partition coefficient (Wildman–Crippen LogP) is 7.04. The molecule has 2 aromatic carbocycles. The van der Waals surface area contributed by atoms with Gasteiger partial charge in [0, 0.05) is 18.0 Å². The van der Waals surface area contributed by atoms with E-state index in [0.29, 0.717) is 19.4 Å². The number of aliphatic hydroxyl groups is 1. The van der Waals surface area contributed by atoms with Crippen LogP contribution in [-0.4, -0.2) is 40.4 Å². The van der Waals surface area contributed by atoms with Crippen molar-refractivity contribution < 1.29 is 14.6 Å². The third kappa shape index (κ3) is 4.62. The van der Waals surface area contributed by atoms with Crippen molar-refractivity contribution in [2.24, 2.45) is 0 Å². The van der Waals surface area contributed by atoms with Gasteiger partial charge >= 0.3 is 6.09 Å². The van der Waals surface area contributed by atoms with Gasteiger partial charge in [-0.25, -0.2) is 4.79 Å². The lowest BCUT2D eigenvalue weighted by atomic mass is 9.82. The maximum atomic E-state index is 13.2. The summed E-state index contributed by atoms with van der Waals surface area (Å²) in [6, 6.07) is 17.1. The van der Waals surface area contributed by atoms with Crippen molar-refractivity contribution >= 4 is 6.09 Å². The zero-order valence-electron chi connectivity index (χ0n) is 20.5. The van der Waals surface area contributed by atoms with Crippen LogP contribution in [0.4, 0.5) is 4.79 Å². The molecule has 2 saturated heterocycles. The topological polar surface area (TPSA) is 49.8 Å². The highest BCUT2D eigenvalue weighted by Crippen LogP contribution is 2.46. The second-order valence-electron chi connectivity index (χ2n) is 10.7. The number of nitrogens with zero attached hydrogens (tertiary/aromatic N) is 1. The second kappa shape index (κ2) is 10.1. The summed E-state index contributed by atoms with van der Waals surface area (Å²) in [4.78, 5) is 15.2. The smallest absolute Gasteiger partial charge is 0.410 e. The van der Waals surface area contributed by atoms with Crippen molar-refractivity contribution in [3.8, 4) is 11.1 Å². The van der Waals surface area contributed by atoms with Crippen LogP contribution < -0.4 is 0 Å². The third-order valence-corrected chi connectivity index (χ3v) is 8.39. The molecule has 0 saturated carbocycles. The standard InChI is InChI=1S/C30H39NO3/c1-2-3-4-5-6-11-18-30(33)19-22-16-17-23(20-30)31(22)29(32)34-21-28-26-14-9-7-12-24(26)25-13-8-10-15-27(25)28/h7-10,12-15,22-23,28,33H,2-6,11,16-21H2,1H3. The predicted molar refractivity (Wildman–Crippen MR) is 136 cm³/mol. The average molecular weight is 462 g/mol. The molecule has 182 valence electrons. The fourth-order valence-electron chi connectivity index (χ4n) is 6.73. The molecular formula is C30H39NO3. The average Bonchev–Trinajstić information content (AvgIpc) is 3.32. The molecule has 0 aromatic heterocycles. The number of ether oxygens (including phenoxy) is 1. The lowest BCUT2D eigenvalue weighted by Crippen LogP contribution is -2.53. The molecule has 0 spiro atoms. The molecule has 0 radical (unpaired) electrons. The van der Waals surface area contributed by atoms with Crippen LogP contribution in [0.25, 0.3) is 11.1 Å². The first kappa shape index (κ1) is 23.4. The largest absolute Gasteiger partial charge is 0.448 e. The number of hydrogen-bond donors (Lipinski definition) is 1. The summed E-state index contributed by atoms with van der Waals surface area (Å²) in [6.07, 6.45) is 11.5. The summed E-state index contributed by atoms with van der Waals surface area (Å²) in [5.74, 6) is 0.0865. The molecule has 2 bridgehead atoms. The number of carbonyl (C=O) groups excluding carboxylic acids is 1.